The summed E-state index contributed by atoms with van der Waals surface area (Å²) in [4.78, 5) is 9.01. The molecule has 0 saturated carbocycles. The van der Waals surface area contributed by atoms with Crippen LogP contribution in [0.5, 0.6) is 0 Å². The Morgan fingerprint density at radius 3 is 2.41 bits per heavy atom. The predicted octanol–water partition coefficient (Wildman–Crippen LogP) is 5.15. The standard InChI is InChI=1S/C20H17Cl2N5/c1-13-10-19(25-9-8-24-16-5-2-14(12-23)3-6-16)27-20(26-13)17-7-4-15(21)11-18(17)22/h2-7,10-11,24H,8-9H2,1H3,(H,25,26,27). The molecule has 0 atom stereocenters. The van der Waals surface area contributed by atoms with Crippen molar-refractivity contribution in [2.75, 3.05) is 23.7 Å². The molecule has 27 heavy (non-hydrogen) atoms. The summed E-state index contributed by atoms with van der Waals surface area (Å²) in [7, 11) is 0. The molecule has 0 bridgehead atoms. The molecule has 0 aliphatic rings. The van der Waals surface area contributed by atoms with E-state index in [1.165, 1.54) is 0 Å². The van der Waals surface area contributed by atoms with Crippen molar-refractivity contribution < 1.29 is 0 Å². The normalized spacial score (nSPS) is 10.3. The van der Waals surface area contributed by atoms with E-state index in [4.69, 9.17) is 28.5 Å². The minimum absolute atomic E-state index is 0.515. The Morgan fingerprint density at radius 1 is 0.963 bits per heavy atom. The number of aryl methyl sites for hydroxylation is 1. The Labute approximate surface area is 168 Å². The number of nitrogens with one attached hydrogen (secondary N) is 2. The first-order valence-corrected chi connectivity index (χ1v) is 9.10. The number of rotatable bonds is 6. The van der Waals surface area contributed by atoms with Crippen LogP contribution in [0.15, 0.2) is 48.5 Å². The highest BCUT2D eigenvalue weighted by atomic mass is 35.5. The summed E-state index contributed by atoms with van der Waals surface area (Å²) in [5.74, 6) is 1.28. The molecule has 2 aromatic carbocycles. The summed E-state index contributed by atoms with van der Waals surface area (Å²) in [5, 5.41) is 16.5. The van der Waals surface area contributed by atoms with Gasteiger partial charge in [0.1, 0.15) is 5.82 Å². The fourth-order valence-corrected chi connectivity index (χ4v) is 3.00. The van der Waals surface area contributed by atoms with Gasteiger partial charge in [-0.3, -0.25) is 0 Å². The zero-order valence-electron chi connectivity index (χ0n) is 14.6. The lowest BCUT2D eigenvalue weighted by molar-refractivity contribution is 1.04. The van der Waals surface area contributed by atoms with Crippen molar-refractivity contribution >= 4 is 34.7 Å². The second-order valence-corrected chi connectivity index (χ2v) is 6.73. The summed E-state index contributed by atoms with van der Waals surface area (Å²) in [6, 6.07) is 16.6. The molecule has 0 spiro atoms. The third-order valence-electron chi connectivity index (χ3n) is 3.80. The lowest BCUT2D eigenvalue weighted by Gasteiger charge is -2.11. The maximum atomic E-state index is 8.82. The highest BCUT2D eigenvalue weighted by molar-refractivity contribution is 6.36. The van der Waals surface area contributed by atoms with Gasteiger partial charge in [0.05, 0.1) is 16.7 Å². The minimum Gasteiger partial charge on any atom is -0.383 e. The molecule has 0 aliphatic carbocycles. The van der Waals surface area contributed by atoms with Crippen LogP contribution in [0, 0.1) is 18.3 Å². The van der Waals surface area contributed by atoms with E-state index in [9.17, 15) is 0 Å². The molecule has 0 amide bonds. The molecule has 0 unspecified atom stereocenters. The fourth-order valence-electron chi connectivity index (χ4n) is 2.51. The molecule has 0 saturated heterocycles. The number of hydrogen-bond acceptors (Lipinski definition) is 5. The maximum Gasteiger partial charge on any atom is 0.163 e. The van der Waals surface area contributed by atoms with Gasteiger partial charge in [-0.25, -0.2) is 9.97 Å². The molecule has 7 heteroatoms. The third kappa shape index (κ3) is 5.10. The summed E-state index contributed by atoms with van der Waals surface area (Å²) in [5.41, 5.74) is 3.18. The third-order valence-corrected chi connectivity index (χ3v) is 4.35. The van der Waals surface area contributed by atoms with Crippen LogP contribution in [0.3, 0.4) is 0 Å². The monoisotopic (exact) mass is 397 g/mol. The van der Waals surface area contributed by atoms with E-state index < -0.39 is 0 Å². The highest BCUT2D eigenvalue weighted by Crippen LogP contribution is 2.28. The first-order valence-electron chi connectivity index (χ1n) is 8.34. The van der Waals surface area contributed by atoms with E-state index in [0.717, 1.165) is 22.8 Å². The SMILES string of the molecule is Cc1cc(NCCNc2ccc(C#N)cc2)nc(-c2ccc(Cl)cc2Cl)n1. The number of benzene rings is 2. The van der Waals surface area contributed by atoms with Gasteiger partial charge in [-0.1, -0.05) is 23.2 Å². The molecule has 0 aliphatic heterocycles. The number of halogens is 2. The fraction of sp³-hybridized carbons (Fsp3) is 0.150. The van der Waals surface area contributed by atoms with Crippen LogP contribution >= 0.6 is 23.2 Å². The van der Waals surface area contributed by atoms with Crippen molar-refractivity contribution in [3.05, 3.63) is 69.8 Å². The Morgan fingerprint density at radius 2 is 1.70 bits per heavy atom. The Hall–Kier alpha value is -2.81. The van der Waals surface area contributed by atoms with Crippen LogP contribution < -0.4 is 10.6 Å². The minimum atomic E-state index is 0.515. The molecule has 5 nitrogen and oxygen atoms in total. The van der Waals surface area contributed by atoms with Crippen LogP contribution in [-0.4, -0.2) is 23.1 Å². The first kappa shape index (κ1) is 19.0. The smallest absolute Gasteiger partial charge is 0.163 e. The first-order chi connectivity index (χ1) is 13.0. The quantitative estimate of drug-likeness (QED) is 0.562. The van der Waals surface area contributed by atoms with E-state index in [-0.39, 0.29) is 0 Å². The van der Waals surface area contributed by atoms with Crippen molar-refractivity contribution in [2.24, 2.45) is 0 Å². The Bertz CT molecular complexity index is 981. The van der Waals surface area contributed by atoms with E-state index in [2.05, 4.69) is 26.7 Å². The summed E-state index contributed by atoms with van der Waals surface area (Å²) >= 11 is 12.2. The van der Waals surface area contributed by atoms with Crippen LogP contribution in [-0.2, 0) is 0 Å². The second-order valence-electron chi connectivity index (χ2n) is 5.89. The van der Waals surface area contributed by atoms with Crippen LogP contribution in [0.2, 0.25) is 10.0 Å². The van der Waals surface area contributed by atoms with Gasteiger partial charge in [0.15, 0.2) is 5.82 Å². The molecule has 3 rings (SSSR count). The average molecular weight is 398 g/mol. The second kappa shape index (κ2) is 8.72. The summed E-state index contributed by atoms with van der Waals surface area (Å²) in [6.07, 6.45) is 0. The van der Waals surface area contributed by atoms with Gasteiger partial charge in [-0.2, -0.15) is 5.26 Å². The predicted molar refractivity (Wildman–Crippen MR) is 110 cm³/mol. The van der Waals surface area contributed by atoms with Crippen molar-refractivity contribution in [2.45, 2.75) is 6.92 Å². The molecule has 1 heterocycles. The van der Waals surface area contributed by atoms with E-state index >= 15 is 0 Å². The van der Waals surface area contributed by atoms with Gasteiger partial charge < -0.3 is 10.6 Å². The van der Waals surface area contributed by atoms with Crippen molar-refractivity contribution in [1.29, 1.82) is 5.26 Å². The van der Waals surface area contributed by atoms with E-state index in [1.54, 1.807) is 24.3 Å². The molecule has 1 aromatic heterocycles. The lowest BCUT2D eigenvalue weighted by atomic mass is 10.2. The van der Waals surface area contributed by atoms with Crippen molar-refractivity contribution in [3.63, 3.8) is 0 Å². The average Bonchev–Trinajstić information content (AvgIpc) is 2.65. The molecule has 0 radical (unpaired) electrons. The number of hydrogen-bond donors (Lipinski definition) is 2. The van der Waals surface area contributed by atoms with Crippen molar-refractivity contribution in [1.82, 2.24) is 9.97 Å². The number of aromatic nitrogens is 2. The topological polar surface area (TPSA) is 73.6 Å². The molecule has 136 valence electrons. The highest BCUT2D eigenvalue weighted by Gasteiger charge is 2.09. The molecule has 3 aromatic rings. The van der Waals surface area contributed by atoms with Gasteiger partial charge in [-0.15, -0.1) is 0 Å². The van der Waals surface area contributed by atoms with Crippen LogP contribution in [0.4, 0.5) is 11.5 Å². The molecule has 0 fully saturated rings. The van der Waals surface area contributed by atoms with Crippen LogP contribution in [0.1, 0.15) is 11.3 Å². The Balaban J connectivity index is 1.63. The largest absolute Gasteiger partial charge is 0.383 e. The van der Waals surface area contributed by atoms with Gasteiger partial charge >= 0.3 is 0 Å². The molecule has 2 N–H and O–H groups in total. The molecular formula is C20H17Cl2N5. The van der Waals surface area contributed by atoms with E-state index in [1.807, 2.05) is 31.2 Å². The zero-order valence-corrected chi connectivity index (χ0v) is 16.1. The number of nitrogens with zero attached hydrogens (tertiary/aromatic N) is 3. The lowest BCUT2D eigenvalue weighted by Crippen LogP contribution is -2.14. The van der Waals surface area contributed by atoms with Gasteiger partial charge in [0, 0.05) is 41.1 Å². The van der Waals surface area contributed by atoms with Crippen LogP contribution in [0.25, 0.3) is 11.4 Å². The van der Waals surface area contributed by atoms with E-state index in [0.29, 0.717) is 34.5 Å². The number of nitriles is 1. The molecular weight excluding hydrogens is 381 g/mol. The number of anilines is 2. The summed E-state index contributed by atoms with van der Waals surface area (Å²) in [6.45, 7) is 3.28. The Kier molecular flexibility index (Phi) is 6.12. The maximum absolute atomic E-state index is 8.82. The zero-order chi connectivity index (χ0) is 19.2. The van der Waals surface area contributed by atoms with Gasteiger partial charge in [0.25, 0.3) is 0 Å². The summed E-state index contributed by atoms with van der Waals surface area (Å²) < 4.78 is 0. The van der Waals surface area contributed by atoms with Gasteiger partial charge in [-0.05, 0) is 49.4 Å². The van der Waals surface area contributed by atoms with Gasteiger partial charge in [0.2, 0.25) is 0 Å². The van der Waals surface area contributed by atoms with Crippen molar-refractivity contribution in [3.8, 4) is 17.5 Å².